The minimum atomic E-state index is 1.08. The first kappa shape index (κ1) is 10.6. The molecule has 0 amide bonds. The maximum absolute atomic E-state index is 3.45. The summed E-state index contributed by atoms with van der Waals surface area (Å²) in [7, 11) is 4.18. The second kappa shape index (κ2) is 5.28. The van der Waals surface area contributed by atoms with Crippen LogP contribution in [-0.2, 0) is 6.42 Å². The van der Waals surface area contributed by atoms with Gasteiger partial charge in [0.1, 0.15) is 0 Å². The predicted molar refractivity (Wildman–Crippen MR) is 62.9 cm³/mol. The van der Waals surface area contributed by atoms with Crippen molar-refractivity contribution in [2.75, 3.05) is 24.3 Å². The van der Waals surface area contributed by atoms with Crippen molar-refractivity contribution in [3.8, 4) is 0 Å². The molecule has 0 fully saturated rings. The average Bonchev–Trinajstić information content (AvgIpc) is 2.15. The normalized spacial score (nSPS) is 10.1. The summed E-state index contributed by atoms with van der Waals surface area (Å²) in [6, 6.07) is 8.57. The molecule has 0 spiro atoms. The molecule has 0 aliphatic carbocycles. The quantitative estimate of drug-likeness (QED) is 0.733. The Morgan fingerprint density at radius 1 is 1.23 bits per heavy atom. The van der Waals surface area contributed by atoms with Crippen molar-refractivity contribution in [2.24, 2.45) is 0 Å². The van der Waals surface area contributed by atoms with Crippen LogP contribution in [0, 0.1) is 0 Å². The molecule has 0 atom stereocenters. The summed E-state index contributed by atoms with van der Waals surface area (Å²) in [5.41, 5.74) is 2.77. The van der Waals surface area contributed by atoms with Crippen LogP contribution in [0.15, 0.2) is 24.3 Å². The summed E-state index contributed by atoms with van der Waals surface area (Å²) in [5.74, 6) is 0. The van der Waals surface area contributed by atoms with Crippen molar-refractivity contribution < 1.29 is 0 Å². The third-order valence-electron chi connectivity index (χ3n) is 2.05. The lowest BCUT2D eigenvalue weighted by atomic mass is 10.1. The molecule has 0 aliphatic rings. The second-order valence-electron chi connectivity index (χ2n) is 3.32. The molecular formula is C11H16BrN. The smallest absolute Gasteiger partial charge is 0.0393 e. The molecule has 0 N–H and O–H groups in total. The number of alkyl halides is 1. The van der Waals surface area contributed by atoms with E-state index in [9.17, 15) is 0 Å². The van der Waals surface area contributed by atoms with Gasteiger partial charge in [-0.2, -0.15) is 0 Å². The molecule has 1 nitrogen and oxygen atoms in total. The van der Waals surface area contributed by atoms with Gasteiger partial charge in [-0.15, -0.1) is 0 Å². The van der Waals surface area contributed by atoms with Gasteiger partial charge in [0.15, 0.2) is 0 Å². The van der Waals surface area contributed by atoms with Crippen LogP contribution in [0.4, 0.5) is 5.69 Å². The van der Waals surface area contributed by atoms with Crippen molar-refractivity contribution in [1.82, 2.24) is 0 Å². The molecule has 0 radical (unpaired) electrons. The highest BCUT2D eigenvalue weighted by Crippen LogP contribution is 2.19. The Bertz CT molecular complexity index is 258. The molecule has 0 bridgehead atoms. The average molecular weight is 242 g/mol. The molecule has 1 aromatic carbocycles. The SMILES string of the molecule is CN(C)c1ccccc1CCCBr. The molecule has 2 heteroatoms. The van der Waals surface area contributed by atoms with Crippen LogP contribution in [0.1, 0.15) is 12.0 Å². The lowest BCUT2D eigenvalue weighted by molar-refractivity contribution is 0.928. The van der Waals surface area contributed by atoms with E-state index >= 15 is 0 Å². The molecular weight excluding hydrogens is 226 g/mol. The van der Waals surface area contributed by atoms with Crippen molar-refractivity contribution in [3.63, 3.8) is 0 Å². The van der Waals surface area contributed by atoms with Gasteiger partial charge in [-0.05, 0) is 24.5 Å². The lowest BCUT2D eigenvalue weighted by Crippen LogP contribution is -2.11. The summed E-state index contributed by atoms with van der Waals surface area (Å²) < 4.78 is 0. The van der Waals surface area contributed by atoms with E-state index in [1.165, 1.54) is 17.7 Å². The lowest BCUT2D eigenvalue weighted by Gasteiger charge is -2.16. The highest BCUT2D eigenvalue weighted by molar-refractivity contribution is 9.09. The number of rotatable bonds is 4. The molecule has 1 aromatic rings. The summed E-state index contributed by atoms with van der Waals surface area (Å²) >= 11 is 3.45. The number of anilines is 1. The van der Waals surface area contributed by atoms with Crippen LogP contribution >= 0.6 is 15.9 Å². The summed E-state index contributed by atoms with van der Waals surface area (Å²) in [5, 5.41) is 1.08. The summed E-state index contributed by atoms with van der Waals surface area (Å²) in [6.45, 7) is 0. The number of para-hydroxylation sites is 1. The van der Waals surface area contributed by atoms with Crippen LogP contribution in [0.2, 0.25) is 0 Å². The third-order valence-corrected chi connectivity index (χ3v) is 2.61. The fourth-order valence-corrected chi connectivity index (χ4v) is 1.70. The Balaban J connectivity index is 2.78. The molecule has 72 valence electrons. The highest BCUT2D eigenvalue weighted by Gasteiger charge is 2.01. The number of benzene rings is 1. The monoisotopic (exact) mass is 241 g/mol. The van der Waals surface area contributed by atoms with Gasteiger partial charge in [-0.25, -0.2) is 0 Å². The van der Waals surface area contributed by atoms with Crippen LogP contribution in [-0.4, -0.2) is 19.4 Å². The largest absolute Gasteiger partial charge is 0.377 e. The summed E-state index contributed by atoms with van der Waals surface area (Å²) in [6.07, 6.45) is 2.35. The highest BCUT2D eigenvalue weighted by atomic mass is 79.9. The van der Waals surface area contributed by atoms with Gasteiger partial charge in [-0.1, -0.05) is 34.1 Å². The van der Waals surface area contributed by atoms with Crippen LogP contribution in [0.5, 0.6) is 0 Å². The number of hydrogen-bond donors (Lipinski definition) is 0. The molecule has 0 saturated heterocycles. The first-order valence-corrected chi connectivity index (χ1v) is 5.69. The van der Waals surface area contributed by atoms with Gasteiger partial charge in [0.05, 0.1) is 0 Å². The van der Waals surface area contributed by atoms with Gasteiger partial charge in [0.2, 0.25) is 0 Å². The van der Waals surface area contributed by atoms with Crippen LogP contribution < -0.4 is 4.90 Å². The van der Waals surface area contributed by atoms with Gasteiger partial charge >= 0.3 is 0 Å². The van der Waals surface area contributed by atoms with E-state index in [0.29, 0.717) is 0 Å². The first-order valence-electron chi connectivity index (χ1n) is 4.57. The van der Waals surface area contributed by atoms with Crippen LogP contribution in [0.3, 0.4) is 0 Å². The van der Waals surface area contributed by atoms with Crippen molar-refractivity contribution >= 4 is 21.6 Å². The molecule has 1 rings (SSSR count). The van der Waals surface area contributed by atoms with Crippen molar-refractivity contribution in [2.45, 2.75) is 12.8 Å². The van der Waals surface area contributed by atoms with Crippen LogP contribution in [0.25, 0.3) is 0 Å². The second-order valence-corrected chi connectivity index (χ2v) is 4.11. The van der Waals surface area contributed by atoms with Gasteiger partial charge < -0.3 is 4.90 Å². The zero-order valence-electron chi connectivity index (χ0n) is 8.26. The number of halogens is 1. The maximum Gasteiger partial charge on any atom is 0.0393 e. The van der Waals surface area contributed by atoms with Gasteiger partial charge in [0, 0.05) is 25.1 Å². The topological polar surface area (TPSA) is 3.24 Å². The Morgan fingerprint density at radius 2 is 1.92 bits per heavy atom. The van der Waals surface area contributed by atoms with E-state index in [0.717, 1.165) is 11.8 Å². The third kappa shape index (κ3) is 3.03. The standard InChI is InChI=1S/C11H16BrN/c1-13(2)11-8-4-3-6-10(11)7-5-9-12/h3-4,6,8H,5,7,9H2,1-2H3. The van der Waals surface area contributed by atoms with Gasteiger partial charge in [0.25, 0.3) is 0 Å². The van der Waals surface area contributed by atoms with E-state index in [2.05, 4.69) is 59.2 Å². The number of nitrogens with zero attached hydrogens (tertiary/aromatic N) is 1. The van der Waals surface area contributed by atoms with E-state index < -0.39 is 0 Å². The summed E-state index contributed by atoms with van der Waals surface area (Å²) in [4.78, 5) is 2.17. The zero-order valence-corrected chi connectivity index (χ0v) is 9.84. The minimum absolute atomic E-state index is 1.08. The van der Waals surface area contributed by atoms with E-state index in [4.69, 9.17) is 0 Å². The Kier molecular flexibility index (Phi) is 4.29. The fraction of sp³-hybridized carbons (Fsp3) is 0.455. The number of aryl methyl sites for hydroxylation is 1. The van der Waals surface area contributed by atoms with E-state index in [1.54, 1.807) is 0 Å². The Hall–Kier alpha value is -0.500. The first-order chi connectivity index (χ1) is 6.25. The van der Waals surface area contributed by atoms with Crippen molar-refractivity contribution in [3.05, 3.63) is 29.8 Å². The fourth-order valence-electron chi connectivity index (χ4n) is 1.42. The molecule has 0 saturated carbocycles. The molecule has 0 aliphatic heterocycles. The van der Waals surface area contributed by atoms with Gasteiger partial charge in [-0.3, -0.25) is 0 Å². The molecule has 0 heterocycles. The molecule has 13 heavy (non-hydrogen) atoms. The molecule has 0 unspecified atom stereocenters. The zero-order chi connectivity index (χ0) is 9.68. The maximum atomic E-state index is 3.45. The van der Waals surface area contributed by atoms with E-state index in [1.807, 2.05) is 0 Å². The Labute approximate surface area is 88.9 Å². The number of hydrogen-bond acceptors (Lipinski definition) is 1. The minimum Gasteiger partial charge on any atom is -0.377 e. The predicted octanol–water partition coefficient (Wildman–Crippen LogP) is 3.08. The molecule has 0 aromatic heterocycles. The Morgan fingerprint density at radius 3 is 2.54 bits per heavy atom. The van der Waals surface area contributed by atoms with Crippen molar-refractivity contribution in [1.29, 1.82) is 0 Å². The van der Waals surface area contributed by atoms with E-state index in [-0.39, 0.29) is 0 Å².